The average molecular weight is 369 g/mol. The number of ether oxygens (including phenoxy) is 1. The van der Waals surface area contributed by atoms with E-state index >= 15 is 0 Å². The minimum Gasteiger partial charge on any atom is -0.484 e. The van der Waals surface area contributed by atoms with E-state index in [4.69, 9.17) is 4.74 Å². The Morgan fingerprint density at radius 1 is 1.15 bits per heavy atom. The number of hydrogen-bond acceptors (Lipinski definition) is 4. The molecule has 27 heavy (non-hydrogen) atoms. The Balaban J connectivity index is 1.26. The van der Waals surface area contributed by atoms with Gasteiger partial charge in [0.05, 0.1) is 0 Å². The number of pyridine rings is 1. The Labute approximate surface area is 158 Å². The second kappa shape index (κ2) is 8.05. The van der Waals surface area contributed by atoms with Crippen LogP contribution in [0.15, 0.2) is 48.8 Å². The van der Waals surface area contributed by atoms with Crippen LogP contribution in [0.5, 0.6) is 5.75 Å². The zero-order valence-electron chi connectivity index (χ0n) is 15.3. The van der Waals surface area contributed by atoms with E-state index in [2.05, 4.69) is 22.0 Å². The normalized spacial score (nSPS) is 17.0. The van der Waals surface area contributed by atoms with E-state index in [0.29, 0.717) is 11.8 Å². The SMILES string of the molecule is O=C(COc1ccc(F)cc1)N1CC(N(Cc2ccncc2)CC2CC2)C1. The molecule has 0 spiro atoms. The third-order valence-corrected chi connectivity index (χ3v) is 5.23. The minimum atomic E-state index is -0.316. The zero-order valence-corrected chi connectivity index (χ0v) is 15.3. The zero-order chi connectivity index (χ0) is 18.6. The monoisotopic (exact) mass is 369 g/mol. The van der Waals surface area contributed by atoms with Gasteiger partial charge in [-0.2, -0.15) is 0 Å². The van der Waals surface area contributed by atoms with E-state index in [9.17, 15) is 9.18 Å². The van der Waals surface area contributed by atoms with E-state index in [1.54, 1.807) is 0 Å². The van der Waals surface area contributed by atoms with Crippen molar-refractivity contribution in [1.29, 1.82) is 0 Å². The van der Waals surface area contributed by atoms with Crippen LogP contribution in [0.2, 0.25) is 0 Å². The summed E-state index contributed by atoms with van der Waals surface area (Å²) in [6, 6.07) is 10.2. The van der Waals surface area contributed by atoms with Crippen LogP contribution in [0.1, 0.15) is 18.4 Å². The highest BCUT2D eigenvalue weighted by molar-refractivity contribution is 5.78. The van der Waals surface area contributed by atoms with Gasteiger partial charge in [-0.25, -0.2) is 4.39 Å². The Bertz CT molecular complexity index is 759. The van der Waals surface area contributed by atoms with Gasteiger partial charge in [-0.15, -0.1) is 0 Å². The Hall–Kier alpha value is -2.47. The van der Waals surface area contributed by atoms with Gasteiger partial charge in [0, 0.05) is 44.6 Å². The summed E-state index contributed by atoms with van der Waals surface area (Å²) in [5.74, 6) is 0.975. The lowest BCUT2D eigenvalue weighted by molar-refractivity contribution is -0.141. The van der Waals surface area contributed by atoms with Crippen molar-refractivity contribution in [3.63, 3.8) is 0 Å². The van der Waals surface area contributed by atoms with E-state index in [1.165, 1.54) is 42.7 Å². The molecule has 0 bridgehead atoms. The van der Waals surface area contributed by atoms with Crippen LogP contribution in [0.25, 0.3) is 0 Å². The number of carbonyl (C=O) groups excluding carboxylic acids is 1. The van der Waals surface area contributed by atoms with E-state index in [0.717, 1.165) is 32.1 Å². The smallest absolute Gasteiger partial charge is 0.260 e. The Kier molecular flexibility index (Phi) is 5.34. The van der Waals surface area contributed by atoms with Gasteiger partial charge in [0.15, 0.2) is 6.61 Å². The lowest BCUT2D eigenvalue weighted by atomic mass is 10.1. The number of hydrogen-bond donors (Lipinski definition) is 0. The standard InChI is InChI=1S/C21H24FN3O2/c22-18-3-5-20(6-4-18)27-15-21(26)25-13-19(14-25)24(11-16-1-2-16)12-17-7-9-23-10-8-17/h3-10,16,19H,1-2,11-15H2. The fraction of sp³-hybridized carbons (Fsp3) is 0.429. The average Bonchev–Trinajstić information content (AvgIpc) is 3.45. The highest BCUT2D eigenvalue weighted by atomic mass is 19.1. The summed E-state index contributed by atoms with van der Waals surface area (Å²) in [6.45, 7) is 3.47. The molecule has 2 aromatic rings. The Morgan fingerprint density at radius 3 is 2.52 bits per heavy atom. The summed E-state index contributed by atoms with van der Waals surface area (Å²) in [7, 11) is 0. The lowest BCUT2D eigenvalue weighted by Gasteiger charge is -2.45. The summed E-state index contributed by atoms with van der Waals surface area (Å²) >= 11 is 0. The van der Waals surface area contributed by atoms with Gasteiger partial charge in [-0.05, 0) is 60.7 Å². The molecule has 1 aliphatic carbocycles. The van der Waals surface area contributed by atoms with Gasteiger partial charge in [-0.1, -0.05) is 0 Å². The molecule has 1 amide bonds. The predicted molar refractivity (Wildman–Crippen MR) is 99.6 cm³/mol. The fourth-order valence-electron chi connectivity index (χ4n) is 3.35. The maximum atomic E-state index is 12.9. The van der Waals surface area contributed by atoms with Crippen LogP contribution in [-0.2, 0) is 11.3 Å². The second-order valence-corrected chi connectivity index (χ2v) is 7.42. The molecule has 1 aliphatic heterocycles. The molecule has 2 aliphatic rings. The molecule has 1 saturated heterocycles. The molecule has 4 rings (SSSR count). The number of likely N-dealkylation sites (tertiary alicyclic amines) is 1. The third kappa shape index (κ3) is 4.83. The first kappa shape index (κ1) is 17.9. The predicted octanol–water partition coefficient (Wildman–Crippen LogP) is 2.72. The molecule has 1 saturated carbocycles. The van der Waals surface area contributed by atoms with Crippen LogP contribution in [0.3, 0.4) is 0 Å². The molecule has 2 fully saturated rings. The molecular formula is C21H24FN3O2. The maximum absolute atomic E-state index is 12.9. The van der Waals surface area contributed by atoms with Crippen molar-refractivity contribution < 1.29 is 13.9 Å². The molecule has 1 aromatic heterocycles. The van der Waals surface area contributed by atoms with Crippen molar-refractivity contribution in [2.24, 2.45) is 5.92 Å². The van der Waals surface area contributed by atoms with Crippen molar-refractivity contribution in [2.45, 2.75) is 25.4 Å². The summed E-state index contributed by atoms with van der Waals surface area (Å²) in [6.07, 6.45) is 6.28. The minimum absolute atomic E-state index is 0.00860. The number of carbonyl (C=O) groups is 1. The quantitative estimate of drug-likeness (QED) is 0.718. The van der Waals surface area contributed by atoms with E-state index < -0.39 is 0 Å². The first-order chi connectivity index (χ1) is 13.2. The highest BCUT2D eigenvalue weighted by Gasteiger charge is 2.37. The highest BCUT2D eigenvalue weighted by Crippen LogP contribution is 2.32. The van der Waals surface area contributed by atoms with Crippen LogP contribution >= 0.6 is 0 Å². The Morgan fingerprint density at radius 2 is 1.85 bits per heavy atom. The van der Waals surface area contributed by atoms with Crippen molar-refractivity contribution in [3.05, 3.63) is 60.2 Å². The van der Waals surface area contributed by atoms with Gasteiger partial charge >= 0.3 is 0 Å². The number of aromatic nitrogens is 1. The second-order valence-electron chi connectivity index (χ2n) is 7.42. The first-order valence-electron chi connectivity index (χ1n) is 9.46. The number of benzene rings is 1. The van der Waals surface area contributed by atoms with Gasteiger partial charge < -0.3 is 9.64 Å². The van der Waals surface area contributed by atoms with Crippen LogP contribution in [0.4, 0.5) is 4.39 Å². The third-order valence-electron chi connectivity index (χ3n) is 5.23. The van der Waals surface area contributed by atoms with Crippen molar-refractivity contribution in [2.75, 3.05) is 26.2 Å². The molecule has 142 valence electrons. The van der Waals surface area contributed by atoms with Crippen molar-refractivity contribution in [3.8, 4) is 5.75 Å². The molecule has 0 radical (unpaired) electrons. The molecular weight excluding hydrogens is 345 g/mol. The van der Waals surface area contributed by atoms with Gasteiger partial charge in [0.25, 0.3) is 5.91 Å². The molecule has 0 atom stereocenters. The number of rotatable bonds is 8. The van der Waals surface area contributed by atoms with Gasteiger partial charge in [-0.3, -0.25) is 14.7 Å². The van der Waals surface area contributed by atoms with Crippen LogP contribution < -0.4 is 4.74 Å². The topological polar surface area (TPSA) is 45.7 Å². The fourth-order valence-corrected chi connectivity index (χ4v) is 3.35. The van der Waals surface area contributed by atoms with Crippen LogP contribution in [0, 0.1) is 11.7 Å². The largest absolute Gasteiger partial charge is 0.484 e. The summed E-state index contributed by atoms with van der Waals surface area (Å²) in [5.41, 5.74) is 1.26. The van der Waals surface area contributed by atoms with Crippen LogP contribution in [-0.4, -0.2) is 53.0 Å². The first-order valence-corrected chi connectivity index (χ1v) is 9.46. The number of amides is 1. The molecule has 0 unspecified atom stereocenters. The number of nitrogens with zero attached hydrogens (tertiary/aromatic N) is 3. The van der Waals surface area contributed by atoms with Gasteiger partial charge in [0.1, 0.15) is 11.6 Å². The molecule has 6 heteroatoms. The van der Waals surface area contributed by atoms with Gasteiger partial charge in [0.2, 0.25) is 0 Å². The molecule has 1 aromatic carbocycles. The lowest BCUT2D eigenvalue weighted by Crippen LogP contribution is -2.61. The summed E-state index contributed by atoms with van der Waals surface area (Å²) in [4.78, 5) is 20.7. The molecule has 0 N–H and O–H groups in total. The summed E-state index contributed by atoms with van der Waals surface area (Å²) < 4.78 is 18.4. The molecule has 5 nitrogen and oxygen atoms in total. The maximum Gasteiger partial charge on any atom is 0.260 e. The van der Waals surface area contributed by atoms with E-state index in [1.807, 2.05) is 17.3 Å². The van der Waals surface area contributed by atoms with E-state index in [-0.39, 0.29) is 18.3 Å². The molecule has 2 heterocycles. The summed E-state index contributed by atoms with van der Waals surface area (Å²) in [5, 5.41) is 0. The van der Waals surface area contributed by atoms with Crippen molar-refractivity contribution >= 4 is 5.91 Å². The number of halogens is 1. The van der Waals surface area contributed by atoms with Crippen molar-refractivity contribution in [1.82, 2.24) is 14.8 Å².